The van der Waals surface area contributed by atoms with E-state index < -0.39 is 0 Å². The Bertz CT molecular complexity index is 657. The lowest BCUT2D eigenvalue weighted by Gasteiger charge is -2.15. The highest BCUT2D eigenvalue weighted by atomic mass is 35.5. The molecule has 0 atom stereocenters. The first-order valence-electron chi connectivity index (χ1n) is 6.88. The minimum Gasteiger partial charge on any atom is -0.489 e. The standard InChI is InChI=1S/C14H16ClN3O3/c1-2-8-12(14-17-11(7-16)21-18-14)9(15)6-10-13(8)20-5-3-4-19-10/h6H,2-5,7,16H2,1H3. The maximum absolute atomic E-state index is 6.40. The van der Waals surface area contributed by atoms with Gasteiger partial charge in [0.25, 0.3) is 0 Å². The third-order valence-electron chi connectivity index (χ3n) is 3.31. The van der Waals surface area contributed by atoms with Crippen LogP contribution in [0.3, 0.4) is 0 Å². The van der Waals surface area contributed by atoms with Crippen molar-refractivity contribution in [3.63, 3.8) is 0 Å². The van der Waals surface area contributed by atoms with Gasteiger partial charge in [-0.3, -0.25) is 0 Å². The van der Waals surface area contributed by atoms with Gasteiger partial charge in [0, 0.05) is 23.6 Å². The maximum atomic E-state index is 6.40. The Morgan fingerprint density at radius 3 is 2.86 bits per heavy atom. The van der Waals surface area contributed by atoms with Crippen LogP contribution in [-0.2, 0) is 13.0 Å². The number of halogens is 1. The Hall–Kier alpha value is -1.79. The summed E-state index contributed by atoms with van der Waals surface area (Å²) in [6, 6.07) is 1.75. The third kappa shape index (κ3) is 2.56. The van der Waals surface area contributed by atoms with Gasteiger partial charge in [-0.15, -0.1) is 0 Å². The van der Waals surface area contributed by atoms with Crippen molar-refractivity contribution in [1.82, 2.24) is 10.1 Å². The molecule has 1 aromatic carbocycles. The molecular formula is C14H16ClN3O3. The minimum atomic E-state index is 0.191. The first-order chi connectivity index (χ1) is 10.2. The Labute approximate surface area is 127 Å². The first-order valence-corrected chi connectivity index (χ1v) is 7.26. The maximum Gasteiger partial charge on any atom is 0.240 e. The third-order valence-corrected chi connectivity index (χ3v) is 3.61. The monoisotopic (exact) mass is 309 g/mol. The summed E-state index contributed by atoms with van der Waals surface area (Å²) in [7, 11) is 0. The van der Waals surface area contributed by atoms with E-state index in [-0.39, 0.29) is 6.54 Å². The Balaban J connectivity index is 2.17. The summed E-state index contributed by atoms with van der Waals surface area (Å²) in [5, 5.41) is 4.47. The minimum absolute atomic E-state index is 0.191. The molecule has 1 aromatic heterocycles. The molecular weight excluding hydrogens is 294 g/mol. The van der Waals surface area contributed by atoms with Crippen LogP contribution in [0.15, 0.2) is 10.6 Å². The molecule has 3 rings (SSSR count). The van der Waals surface area contributed by atoms with E-state index in [0.29, 0.717) is 53.4 Å². The Kier molecular flexibility index (Phi) is 3.98. The number of aromatic nitrogens is 2. The van der Waals surface area contributed by atoms with E-state index in [1.165, 1.54) is 0 Å². The van der Waals surface area contributed by atoms with Crippen LogP contribution in [0.5, 0.6) is 11.5 Å². The summed E-state index contributed by atoms with van der Waals surface area (Å²) in [6.45, 7) is 3.44. The zero-order chi connectivity index (χ0) is 14.8. The second-order valence-electron chi connectivity index (χ2n) is 4.66. The van der Waals surface area contributed by atoms with E-state index in [4.69, 9.17) is 31.3 Å². The van der Waals surface area contributed by atoms with Crippen LogP contribution in [0.1, 0.15) is 24.8 Å². The summed E-state index contributed by atoms with van der Waals surface area (Å²) in [4.78, 5) is 4.26. The average Bonchev–Trinajstić information content (AvgIpc) is 2.84. The molecule has 7 heteroatoms. The molecule has 1 aliphatic heterocycles. The molecule has 112 valence electrons. The van der Waals surface area contributed by atoms with Crippen LogP contribution in [0, 0.1) is 0 Å². The van der Waals surface area contributed by atoms with Crippen molar-refractivity contribution < 1.29 is 14.0 Å². The van der Waals surface area contributed by atoms with Gasteiger partial charge in [0.15, 0.2) is 11.5 Å². The van der Waals surface area contributed by atoms with Gasteiger partial charge in [0.1, 0.15) is 0 Å². The number of ether oxygens (including phenoxy) is 2. The largest absolute Gasteiger partial charge is 0.489 e. The van der Waals surface area contributed by atoms with Crippen LogP contribution in [-0.4, -0.2) is 23.4 Å². The van der Waals surface area contributed by atoms with Crippen molar-refractivity contribution in [1.29, 1.82) is 0 Å². The van der Waals surface area contributed by atoms with Crippen molar-refractivity contribution in [2.75, 3.05) is 13.2 Å². The number of benzene rings is 1. The van der Waals surface area contributed by atoms with Crippen molar-refractivity contribution in [2.45, 2.75) is 26.3 Å². The molecule has 0 fully saturated rings. The number of fused-ring (bicyclic) bond motifs is 1. The van der Waals surface area contributed by atoms with E-state index in [1.54, 1.807) is 6.07 Å². The van der Waals surface area contributed by atoms with Crippen molar-refractivity contribution in [3.05, 3.63) is 22.5 Å². The Morgan fingerprint density at radius 2 is 2.14 bits per heavy atom. The smallest absolute Gasteiger partial charge is 0.240 e. The van der Waals surface area contributed by atoms with Crippen LogP contribution in [0.25, 0.3) is 11.4 Å². The molecule has 0 saturated heterocycles. The summed E-state index contributed by atoms with van der Waals surface area (Å²) in [6.07, 6.45) is 1.55. The fourth-order valence-corrected chi connectivity index (χ4v) is 2.66. The fourth-order valence-electron chi connectivity index (χ4n) is 2.36. The topological polar surface area (TPSA) is 83.4 Å². The number of nitrogens with zero attached hydrogens (tertiary/aromatic N) is 2. The molecule has 2 aromatic rings. The van der Waals surface area contributed by atoms with Crippen LogP contribution in [0.2, 0.25) is 5.02 Å². The van der Waals surface area contributed by atoms with Crippen molar-refractivity contribution in [2.24, 2.45) is 5.73 Å². The lowest BCUT2D eigenvalue weighted by Crippen LogP contribution is -2.01. The summed E-state index contributed by atoms with van der Waals surface area (Å²) in [5.74, 6) is 2.18. The number of hydrogen-bond acceptors (Lipinski definition) is 6. The average molecular weight is 310 g/mol. The molecule has 0 radical (unpaired) electrons. The molecule has 0 amide bonds. The van der Waals surface area contributed by atoms with Gasteiger partial charge in [-0.05, 0) is 6.42 Å². The van der Waals surface area contributed by atoms with Gasteiger partial charge in [-0.25, -0.2) is 0 Å². The molecule has 0 aliphatic carbocycles. The van der Waals surface area contributed by atoms with Gasteiger partial charge in [0.2, 0.25) is 11.7 Å². The second kappa shape index (κ2) is 5.91. The second-order valence-corrected chi connectivity index (χ2v) is 5.07. The van der Waals surface area contributed by atoms with Crippen molar-refractivity contribution >= 4 is 11.6 Å². The lowest BCUT2D eigenvalue weighted by atomic mass is 10.0. The molecule has 21 heavy (non-hydrogen) atoms. The molecule has 1 aliphatic rings. The lowest BCUT2D eigenvalue weighted by molar-refractivity contribution is 0.296. The van der Waals surface area contributed by atoms with Crippen LogP contribution in [0.4, 0.5) is 0 Å². The van der Waals surface area contributed by atoms with E-state index in [1.807, 2.05) is 6.92 Å². The van der Waals surface area contributed by atoms with Crippen molar-refractivity contribution in [3.8, 4) is 22.9 Å². The fraction of sp³-hybridized carbons (Fsp3) is 0.429. The van der Waals surface area contributed by atoms with Gasteiger partial charge in [-0.2, -0.15) is 4.98 Å². The van der Waals surface area contributed by atoms with E-state index >= 15 is 0 Å². The zero-order valence-corrected chi connectivity index (χ0v) is 12.4. The van der Waals surface area contributed by atoms with Gasteiger partial charge in [0.05, 0.1) is 24.8 Å². The highest BCUT2D eigenvalue weighted by Gasteiger charge is 2.24. The molecule has 2 N–H and O–H groups in total. The molecule has 0 spiro atoms. The summed E-state index contributed by atoms with van der Waals surface area (Å²) < 4.78 is 16.6. The molecule has 0 bridgehead atoms. The molecule has 6 nitrogen and oxygen atoms in total. The van der Waals surface area contributed by atoms with E-state index in [2.05, 4.69) is 10.1 Å². The highest BCUT2D eigenvalue weighted by Crippen LogP contribution is 2.43. The molecule has 2 heterocycles. The predicted molar refractivity (Wildman–Crippen MR) is 77.6 cm³/mol. The number of rotatable bonds is 3. The van der Waals surface area contributed by atoms with Gasteiger partial charge < -0.3 is 19.7 Å². The van der Waals surface area contributed by atoms with E-state index in [9.17, 15) is 0 Å². The highest BCUT2D eigenvalue weighted by molar-refractivity contribution is 6.33. The molecule has 0 unspecified atom stereocenters. The van der Waals surface area contributed by atoms with Gasteiger partial charge >= 0.3 is 0 Å². The van der Waals surface area contributed by atoms with Gasteiger partial charge in [-0.1, -0.05) is 23.7 Å². The summed E-state index contributed by atoms with van der Waals surface area (Å²) >= 11 is 6.40. The van der Waals surface area contributed by atoms with Crippen LogP contribution < -0.4 is 15.2 Å². The Morgan fingerprint density at radius 1 is 1.33 bits per heavy atom. The number of hydrogen-bond donors (Lipinski definition) is 1. The zero-order valence-electron chi connectivity index (χ0n) is 11.7. The van der Waals surface area contributed by atoms with Crippen LogP contribution >= 0.6 is 11.6 Å². The first kappa shape index (κ1) is 14.2. The number of nitrogens with two attached hydrogens (primary N) is 1. The molecule has 0 saturated carbocycles. The predicted octanol–water partition coefficient (Wildman–Crippen LogP) is 2.57. The van der Waals surface area contributed by atoms with E-state index in [0.717, 1.165) is 12.0 Å². The SMILES string of the molecule is CCc1c2c(cc(Cl)c1-c1noc(CN)n1)OCCCO2. The summed E-state index contributed by atoms with van der Waals surface area (Å²) in [5.41, 5.74) is 7.14. The quantitative estimate of drug-likeness (QED) is 0.938. The normalized spacial score (nSPS) is 14.0.